The van der Waals surface area contributed by atoms with Gasteiger partial charge in [0.05, 0.1) is 0 Å². The van der Waals surface area contributed by atoms with E-state index in [1.807, 2.05) is 17.4 Å². The van der Waals surface area contributed by atoms with Crippen molar-refractivity contribution < 1.29 is 0 Å². The summed E-state index contributed by atoms with van der Waals surface area (Å²) < 4.78 is 2.67. The molecule has 0 saturated heterocycles. The highest BCUT2D eigenvalue weighted by molar-refractivity contribution is 7.26. The molecule has 114 valence electrons. The van der Waals surface area contributed by atoms with Gasteiger partial charge >= 0.3 is 0 Å². The predicted molar refractivity (Wildman–Crippen MR) is 108 cm³/mol. The summed E-state index contributed by atoms with van der Waals surface area (Å²) in [6, 6.07) is 17.6. The molecule has 2 heterocycles. The fraction of sp³-hybridized carbons (Fsp3) is 0. The van der Waals surface area contributed by atoms with Crippen molar-refractivity contribution in [3.05, 3.63) is 71.8 Å². The van der Waals surface area contributed by atoms with Crippen molar-refractivity contribution in [3.8, 4) is 0 Å². The summed E-state index contributed by atoms with van der Waals surface area (Å²) in [5.74, 6) is 0. The number of rotatable bonds is 1. The zero-order chi connectivity index (χ0) is 16.3. The quantitative estimate of drug-likeness (QED) is 0.443. The zero-order valence-electron chi connectivity index (χ0n) is 13.1. The Bertz CT molecular complexity index is 1380. The van der Waals surface area contributed by atoms with Crippen molar-refractivity contribution in [1.29, 1.82) is 0 Å². The molecule has 0 aliphatic heterocycles. The van der Waals surface area contributed by atoms with Crippen molar-refractivity contribution in [1.82, 2.24) is 4.98 Å². The smallest absolute Gasteiger partial charge is 0.0471 e. The number of hydrogen-bond donors (Lipinski definition) is 1. The van der Waals surface area contributed by atoms with Crippen LogP contribution in [0, 0.1) is 0 Å². The van der Waals surface area contributed by atoms with Crippen LogP contribution in [0.4, 0.5) is 0 Å². The number of benzene rings is 3. The van der Waals surface area contributed by atoms with E-state index in [-0.39, 0.29) is 0 Å². The van der Waals surface area contributed by atoms with Gasteiger partial charge in [0.2, 0.25) is 0 Å². The molecule has 0 atom stereocenters. The van der Waals surface area contributed by atoms with Crippen LogP contribution >= 0.6 is 11.3 Å². The minimum absolute atomic E-state index is 1.03. The number of aromatic nitrogens is 1. The van der Waals surface area contributed by atoms with Gasteiger partial charge in [-0.25, -0.2) is 0 Å². The van der Waals surface area contributed by atoms with Crippen LogP contribution in [0.15, 0.2) is 61.2 Å². The molecule has 0 spiro atoms. The summed E-state index contributed by atoms with van der Waals surface area (Å²) in [6.07, 6.45) is 3.77. The molecule has 0 amide bonds. The van der Waals surface area contributed by atoms with E-state index in [4.69, 9.17) is 0 Å². The molecule has 3 aromatic carbocycles. The molecular weight excluding hydrogens is 310 g/mol. The standard InChI is InChI=1S/C22H15NS/c1-3-6-18-13(2)16-11-14-9-10-21-22(17(14)12-19(16)23-18)15-7-4-5-8-20(15)24-21/h3-12,23H,1-2H2/b18-6+. The Hall–Kier alpha value is -2.84. The molecule has 2 aromatic heterocycles. The maximum Gasteiger partial charge on any atom is 0.0471 e. The van der Waals surface area contributed by atoms with Crippen molar-refractivity contribution >= 4 is 65.8 Å². The van der Waals surface area contributed by atoms with Crippen LogP contribution in [0.2, 0.25) is 0 Å². The maximum absolute atomic E-state index is 4.23. The average Bonchev–Trinajstić information content (AvgIpc) is 3.12. The van der Waals surface area contributed by atoms with Gasteiger partial charge in [0.25, 0.3) is 0 Å². The van der Waals surface area contributed by atoms with E-state index >= 15 is 0 Å². The van der Waals surface area contributed by atoms with E-state index in [2.05, 4.69) is 66.7 Å². The third-order valence-corrected chi connectivity index (χ3v) is 5.84. The first-order valence-corrected chi connectivity index (χ1v) is 8.75. The molecule has 1 N–H and O–H groups in total. The highest BCUT2D eigenvalue weighted by atomic mass is 32.1. The van der Waals surface area contributed by atoms with Gasteiger partial charge in [-0.2, -0.15) is 0 Å². The Morgan fingerprint density at radius 1 is 0.917 bits per heavy atom. The zero-order valence-corrected chi connectivity index (χ0v) is 13.9. The number of H-pyrrole nitrogens is 1. The van der Waals surface area contributed by atoms with Crippen LogP contribution in [0.5, 0.6) is 0 Å². The molecule has 2 heteroatoms. The van der Waals surface area contributed by atoms with Crippen LogP contribution in [-0.4, -0.2) is 4.98 Å². The predicted octanol–water partition coefficient (Wildman–Crippen LogP) is 5.07. The number of nitrogens with one attached hydrogen (secondary N) is 1. The van der Waals surface area contributed by atoms with Gasteiger partial charge in [-0.15, -0.1) is 11.3 Å². The molecule has 0 aliphatic carbocycles. The van der Waals surface area contributed by atoms with Gasteiger partial charge in [-0.05, 0) is 41.1 Å². The fourth-order valence-electron chi connectivity index (χ4n) is 3.57. The summed E-state index contributed by atoms with van der Waals surface area (Å²) in [6.45, 7) is 8.02. The van der Waals surface area contributed by atoms with Crippen molar-refractivity contribution in [2.75, 3.05) is 0 Å². The van der Waals surface area contributed by atoms with E-state index in [9.17, 15) is 0 Å². The van der Waals surface area contributed by atoms with Gasteiger partial charge in [-0.1, -0.05) is 43.5 Å². The van der Waals surface area contributed by atoms with Crippen molar-refractivity contribution in [2.45, 2.75) is 0 Å². The lowest BCUT2D eigenvalue weighted by atomic mass is 10.0. The van der Waals surface area contributed by atoms with E-state index in [0.717, 1.165) is 16.1 Å². The van der Waals surface area contributed by atoms with E-state index in [1.165, 1.54) is 36.3 Å². The summed E-state index contributed by atoms with van der Waals surface area (Å²) in [5.41, 5.74) is 1.13. The maximum atomic E-state index is 4.23. The van der Waals surface area contributed by atoms with Crippen LogP contribution in [0.25, 0.3) is 54.5 Å². The molecule has 5 rings (SSSR count). The van der Waals surface area contributed by atoms with Crippen LogP contribution < -0.4 is 10.6 Å². The van der Waals surface area contributed by atoms with Gasteiger partial charge in [0.15, 0.2) is 0 Å². The van der Waals surface area contributed by atoms with Crippen molar-refractivity contribution in [3.63, 3.8) is 0 Å². The van der Waals surface area contributed by atoms with Gasteiger partial charge in [-0.3, -0.25) is 0 Å². The monoisotopic (exact) mass is 325 g/mol. The summed E-state index contributed by atoms with van der Waals surface area (Å²) in [7, 11) is 0. The number of aromatic amines is 1. The Balaban J connectivity index is 2.04. The van der Waals surface area contributed by atoms with Crippen LogP contribution in [0.1, 0.15) is 0 Å². The lowest BCUT2D eigenvalue weighted by molar-refractivity contribution is 1.36. The topological polar surface area (TPSA) is 15.8 Å². The van der Waals surface area contributed by atoms with Gasteiger partial charge in [0, 0.05) is 41.6 Å². The highest BCUT2D eigenvalue weighted by Crippen LogP contribution is 2.38. The second kappa shape index (κ2) is 4.83. The molecule has 0 saturated carbocycles. The molecule has 0 radical (unpaired) electrons. The first kappa shape index (κ1) is 13.6. The number of thiophene rings is 1. The van der Waals surface area contributed by atoms with E-state index < -0.39 is 0 Å². The third-order valence-electron chi connectivity index (χ3n) is 4.70. The summed E-state index contributed by atoms with van der Waals surface area (Å²) in [4.78, 5) is 3.48. The first-order chi connectivity index (χ1) is 11.8. The lowest BCUT2D eigenvalue weighted by Crippen LogP contribution is -2.20. The largest absolute Gasteiger partial charge is 0.355 e. The number of fused-ring (bicyclic) bond motifs is 6. The second-order valence-corrected chi connectivity index (χ2v) is 7.16. The minimum Gasteiger partial charge on any atom is -0.355 e. The molecule has 24 heavy (non-hydrogen) atoms. The van der Waals surface area contributed by atoms with E-state index in [1.54, 1.807) is 6.08 Å². The summed E-state index contributed by atoms with van der Waals surface area (Å²) >= 11 is 1.86. The molecule has 0 bridgehead atoms. The van der Waals surface area contributed by atoms with Gasteiger partial charge < -0.3 is 4.98 Å². The fourth-order valence-corrected chi connectivity index (χ4v) is 4.70. The molecule has 0 fully saturated rings. The molecule has 0 aliphatic rings. The Kier molecular flexibility index (Phi) is 2.73. The highest BCUT2D eigenvalue weighted by Gasteiger charge is 2.10. The Morgan fingerprint density at radius 2 is 1.79 bits per heavy atom. The minimum atomic E-state index is 1.03. The SMILES string of the molecule is C=C/C=c1/[nH]c2cc3c(ccc4sc5ccccc5c43)cc2c1=C. The van der Waals surface area contributed by atoms with Crippen LogP contribution in [0.3, 0.4) is 0 Å². The van der Waals surface area contributed by atoms with Crippen LogP contribution in [-0.2, 0) is 0 Å². The van der Waals surface area contributed by atoms with E-state index in [0.29, 0.717) is 0 Å². The van der Waals surface area contributed by atoms with Gasteiger partial charge in [0.1, 0.15) is 0 Å². The Labute approximate surface area is 142 Å². The molecule has 1 nitrogen and oxygen atoms in total. The lowest BCUT2D eigenvalue weighted by Gasteiger charge is -2.02. The molecule has 0 unspecified atom stereocenters. The number of hydrogen-bond acceptors (Lipinski definition) is 1. The normalized spacial score (nSPS) is 12.8. The first-order valence-electron chi connectivity index (χ1n) is 7.93. The average molecular weight is 325 g/mol. The number of allylic oxidation sites excluding steroid dienone is 1. The van der Waals surface area contributed by atoms with Crippen molar-refractivity contribution in [2.24, 2.45) is 0 Å². The third kappa shape index (κ3) is 1.75. The molecule has 5 aromatic rings. The summed E-state index contributed by atoms with van der Waals surface area (Å²) in [5, 5.41) is 8.47. The Morgan fingerprint density at radius 3 is 2.67 bits per heavy atom. The molecular formula is C22H15NS. The second-order valence-electron chi connectivity index (χ2n) is 6.08.